The average molecular weight is 296 g/mol. The van der Waals surface area contributed by atoms with E-state index in [1.807, 2.05) is 26.1 Å². The fraction of sp³-hybridized carbons (Fsp3) is 0.600. The smallest absolute Gasteiger partial charge is 0.240 e. The Morgan fingerprint density at radius 2 is 2.05 bits per heavy atom. The molecule has 4 nitrogen and oxygen atoms in total. The first-order valence-corrected chi connectivity index (χ1v) is 8.81. The number of hydrogen-bond acceptors (Lipinski definition) is 3. The topological polar surface area (TPSA) is 58.2 Å². The lowest BCUT2D eigenvalue weighted by Crippen LogP contribution is -2.32. The van der Waals surface area contributed by atoms with Crippen LogP contribution in [-0.4, -0.2) is 22.0 Å². The molecule has 2 rings (SSSR count). The summed E-state index contributed by atoms with van der Waals surface area (Å²) in [4.78, 5) is 0.437. The van der Waals surface area contributed by atoms with Crippen molar-refractivity contribution >= 4 is 10.0 Å². The molecule has 5 heteroatoms. The van der Waals surface area contributed by atoms with Crippen molar-refractivity contribution in [2.24, 2.45) is 5.92 Å². The van der Waals surface area contributed by atoms with Crippen molar-refractivity contribution in [3.63, 3.8) is 0 Å². The van der Waals surface area contributed by atoms with Gasteiger partial charge >= 0.3 is 0 Å². The van der Waals surface area contributed by atoms with Gasteiger partial charge in [-0.3, -0.25) is 0 Å². The average Bonchev–Trinajstić information content (AvgIpc) is 2.37. The van der Waals surface area contributed by atoms with Gasteiger partial charge in [-0.05, 0) is 49.4 Å². The van der Waals surface area contributed by atoms with E-state index in [2.05, 4.69) is 10.0 Å². The van der Waals surface area contributed by atoms with Crippen LogP contribution in [0.1, 0.15) is 37.3 Å². The molecular formula is C15H24N2O2S. The first-order valence-electron chi connectivity index (χ1n) is 7.33. The van der Waals surface area contributed by atoms with Gasteiger partial charge in [0.05, 0.1) is 4.90 Å². The van der Waals surface area contributed by atoms with Crippen LogP contribution in [0.15, 0.2) is 23.1 Å². The Kier molecular flexibility index (Phi) is 5.18. The van der Waals surface area contributed by atoms with Gasteiger partial charge in [-0.25, -0.2) is 13.1 Å². The van der Waals surface area contributed by atoms with Crippen LogP contribution >= 0.6 is 0 Å². The van der Waals surface area contributed by atoms with Crippen molar-refractivity contribution in [1.82, 2.24) is 10.0 Å². The highest BCUT2D eigenvalue weighted by molar-refractivity contribution is 7.89. The Balaban J connectivity index is 2.20. The Hall–Kier alpha value is -0.910. The summed E-state index contributed by atoms with van der Waals surface area (Å²) in [5.41, 5.74) is 1.87. The van der Waals surface area contributed by atoms with Crippen LogP contribution < -0.4 is 10.0 Å². The van der Waals surface area contributed by atoms with E-state index < -0.39 is 10.0 Å². The van der Waals surface area contributed by atoms with Crippen molar-refractivity contribution in [2.75, 3.05) is 13.6 Å². The first kappa shape index (κ1) is 15.5. The standard InChI is InChI=1S/C15H24N2O2S/c1-3-14-8-7-13(10-16-2)9-15(14)20(18,19)17-11-12-5-4-6-12/h7-9,12,16-17H,3-6,10-11H2,1-2H3. The number of nitrogens with one attached hydrogen (secondary N) is 2. The van der Waals surface area contributed by atoms with Crippen LogP contribution in [0.25, 0.3) is 0 Å². The summed E-state index contributed by atoms with van der Waals surface area (Å²) in [5.74, 6) is 0.523. The van der Waals surface area contributed by atoms with Crippen molar-refractivity contribution in [3.05, 3.63) is 29.3 Å². The summed E-state index contributed by atoms with van der Waals surface area (Å²) in [6, 6.07) is 5.70. The molecule has 1 aliphatic carbocycles. The molecule has 0 aliphatic heterocycles. The first-order chi connectivity index (χ1) is 9.56. The molecule has 0 bridgehead atoms. The van der Waals surface area contributed by atoms with E-state index in [4.69, 9.17) is 0 Å². The highest BCUT2D eigenvalue weighted by Crippen LogP contribution is 2.26. The lowest BCUT2D eigenvalue weighted by atomic mass is 9.86. The van der Waals surface area contributed by atoms with E-state index in [0.717, 1.165) is 30.4 Å². The van der Waals surface area contributed by atoms with E-state index in [1.54, 1.807) is 6.07 Å². The van der Waals surface area contributed by atoms with Crippen LogP contribution in [0.5, 0.6) is 0 Å². The van der Waals surface area contributed by atoms with Gasteiger partial charge in [0, 0.05) is 13.1 Å². The molecule has 0 aromatic heterocycles. The van der Waals surface area contributed by atoms with E-state index in [1.165, 1.54) is 6.42 Å². The largest absolute Gasteiger partial charge is 0.316 e. The van der Waals surface area contributed by atoms with Crippen LogP contribution in [0.4, 0.5) is 0 Å². The molecule has 0 atom stereocenters. The minimum absolute atomic E-state index is 0.437. The van der Waals surface area contributed by atoms with Crippen LogP contribution in [0.2, 0.25) is 0 Å². The summed E-state index contributed by atoms with van der Waals surface area (Å²) >= 11 is 0. The molecule has 20 heavy (non-hydrogen) atoms. The van der Waals surface area contributed by atoms with Crippen LogP contribution in [-0.2, 0) is 23.0 Å². The molecule has 112 valence electrons. The fourth-order valence-corrected chi connectivity index (χ4v) is 3.93. The van der Waals surface area contributed by atoms with Gasteiger partial charge in [0.2, 0.25) is 10.0 Å². The summed E-state index contributed by atoms with van der Waals surface area (Å²) in [7, 11) is -1.54. The maximum atomic E-state index is 12.5. The molecule has 0 radical (unpaired) electrons. The van der Waals surface area contributed by atoms with Gasteiger partial charge in [-0.1, -0.05) is 25.5 Å². The molecule has 0 amide bonds. The Labute approximate surface area is 122 Å². The van der Waals surface area contributed by atoms with Gasteiger partial charge < -0.3 is 5.32 Å². The van der Waals surface area contributed by atoms with E-state index in [9.17, 15) is 8.42 Å². The molecule has 0 heterocycles. The predicted molar refractivity (Wildman–Crippen MR) is 81.1 cm³/mol. The van der Waals surface area contributed by atoms with Crippen LogP contribution in [0.3, 0.4) is 0 Å². The van der Waals surface area contributed by atoms with Gasteiger partial charge in [-0.15, -0.1) is 0 Å². The molecule has 1 aromatic rings. The molecule has 1 saturated carbocycles. The molecular weight excluding hydrogens is 272 g/mol. The highest BCUT2D eigenvalue weighted by atomic mass is 32.2. The zero-order valence-electron chi connectivity index (χ0n) is 12.3. The van der Waals surface area contributed by atoms with E-state index >= 15 is 0 Å². The highest BCUT2D eigenvalue weighted by Gasteiger charge is 2.23. The van der Waals surface area contributed by atoms with Crippen molar-refractivity contribution in [3.8, 4) is 0 Å². The van der Waals surface area contributed by atoms with Gasteiger partial charge in [-0.2, -0.15) is 0 Å². The summed E-state index contributed by atoms with van der Waals surface area (Å²) < 4.78 is 27.7. The Morgan fingerprint density at radius 1 is 1.30 bits per heavy atom. The second kappa shape index (κ2) is 6.70. The third-order valence-corrected chi connectivity index (χ3v) is 5.48. The molecule has 2 N–H and O–H groups in total. The molecule has 1 aliphatic rings. The molecule has 1 aromatic carbocycles. The Morgan fingerprint density at radius 3 is 2.60 bits per heavy atom. The number of benzene rings is 1. The van der Waals surface area contributed by atoms with Gasteiger partial charge in [0.25, 0.3) is 0 Å². The third-order valence-electron chi connectivity index (χ3n) is 3.97. The Bertz CT molecular complexity index is 551. The number of rotatable bonds is 7. The molecule has 1 fully saturated rings. The maximum Gasteiger partial charge on any atom is 0.240 e. The van der Waals surface area contributed by atoms with Crippen molar-refractivity contribution in [2.45, 2.75) is 44.0 Å². The lowest BCUT2D eigenvalue weighted by molar-refractivity contribution is 0.316. The van der Waals surface area contributed by atoms with Crippen LogP contribution in [0, 0.1) is 5.92 Å². The third kappa shape index (κ3) is 3.59. The van der Waals surface area contributed by atoms with Crippen molar-refractivity contribution in [1.29, 1.82) is 0 Å². The zero-order valence-corrected chi connectivity index (χ0v) is 13.1. The monoisotopic (exact) mass is 296 g/mol. The number of hydrogen-bond donors (Lipinski definition) is 2. The molecule has 0 spiro atoms. The van der Waals surface area contributed by atoms with E-state index in [-0.39, 0.29) is 0 Å². The SMILES string of the molecule is CCc1ccc(CNC)cc1S(=O)(=O)NCC1CCC1. The summed E-state index contributed by atoms with van der Waals surface area (Å²) in [5, 5.41) is 3.05. The minimum Gasteiger partial charge on any atom is -0.316 e. The summed E-state index contributed by atoms with van der Waals surface area (Å²) in [6.07, 6.45) is 4.23. The normalized spacial score (nSPS) is 16.1. The zero-order chi connectivity index (χ0) is 14.6. The van der Waals surface area contributed by atoms with E-state index in [0.29, 0.717) is 23.9 Å². The quantitative estimate of drug-likeness (QED) is 0.809. The van der Waals surface area contributed by atoms with Gasteiger partial charge in [0.15, 0.2) is 0 Å². The predicted octanol–water partition coefficient (Wildman–Crippen LogP) is 2.05. The van der Waals surface area contributed by atoms with Crippen molar-refractivity contribution < 1.29 is 8.42 Å². The molecule has 0 unspecified atom stereocenters. The molecule has 0 saturated heterocycles. The fourth-order valence-electron chi connectivity index (χ4n) is 2.46. The number of sulfonamides is 1. The maximum absolute atomic E-state index is 12.5. The minimum atomic E-state index is -3.39. The summed E-state index contributed by atoms with van der Waals surface area (Å²) in [6.45, 7) is 3.23. The number of aryl methyl sites for hydroxylation is 1. The second-order valence-corrected chi connectivity index (χ2v) is 7.21. The lowest BCUT2D eigenvalue weighted by Gasteiger charge is -2.25. The van der Waals surface area contributed by atoms with Gasteiger partial charge in [0.1, 0.15) is 0 Å². The second-order valence-electron chi connectivity index (χ2n) is 5.47.